The molecule has 5 aliphatic rings. The second-order valence-electron chi connectivity index (χ2n) is 10.4. The SMILES string of the molecule is CC.c1cc2c3c(c1)Oc1cc4cccc5c4c4c1N3c1c(cc3cccc6c3c1B4c1c-6cccc1-5)O2. The third-order valence-electron chi connectivity index (χ3n) is 8.91. The summed E-state index contributed by atoms with van der Waals surface area (Å²) in [5.74, 6) is 3.55. The number of anilines is 3. The average Bonchev–Trinajstić information content (AvgIpc) is 2.97. The summed E-state index contributed by atoms with van der Waals surface area (Å²) < 4.78 is 13.3. The molecule has 0 saturated carbocycles. The van der Waals surface area contributed by atoms with Crippen molar-refractivity contribution in [3.8, 4) is 45.3 Å². The molecular weight excluding hydrogens is 465 g/mol. The van der Waals surface area contributed by atoms with Crippen LogP contribution in [-0.2, 0) is 0 Å². The quantitative estimate of drug-likeness (QED) is 0.208. The molecule has 5 heterocycles. The Morgan fingerprint density at radius 2 is 0.974 bits per heavy atom. The van der Waals surface area contributed by atoms with Gasteiger partial charge in [-0.25, -0.2) is 0 Å². The largest absolute Gasteiger partial charge is 0.453 e. The first kappa shape index (κ1) is 19.4. The minimum absolute atomic E-state index is 0.145. The van der Waals surface area contributed by atoms with Crippen molar-refractivity contribution in [2.75, 3.05) is 4.90 Å². The molecule has 4 heteroatoms. The molecule has 0 radical (unpaired) electrons. The minimum atomic E-state index is 0.145. The van der Waals surface area contributed by atoms with Gasteiger partial charge in [0.2, 0.25) is 6.71 Å². The Hall–Kier alpha value is -4.70. The zero-order chi connectivity index (χ0) is 24.9. The molecule has 6 aromatic carbocycles. The fourth-order valence-corrected chi connectivity index (χ4v) is 7.77. The van der Waals surface area contributed by atoms with Crippen molar-refractivity contribution in [1.82, 2.24) is 0 Å². The maximum absolute atomic E-state index is 6.64. The van der Waals surface area contributed by atoms with Crippen molar-refractivity contribution in [3.63, 3.8) is 0 Å². The van der Waals surface area contributed by atoms with Crippen LogP contribution in [0.3, 0.4) is 0 Å². The number of ether oxygens (including phenoxy) is 2. The molecule has 0 fully saturated rings. The van der Waals surface area contributed by atoms with Gasteiger partial charge in [0, 0.05) is 0 Å². The Bertz CT molecular complexity index is 1990. The van der Waals surface area contributed by atoms with E-state index in [1.165, 1.54) is 71.6 Å². The van der Waals surface area contributed by atoms with Gasteiger partial charge in [-0.3, -0.25) is 4.90 Å². The van der Waals surface area contributed by atoms with Crippen molar-refractivity contribution in [1.29, 1.82) is 0 Å². The van der Waals surface area contributed by atoms with Crippen LogP contribution in [0.25, 0.3) is 43.8 Å². The van der Waals surface area contributed by atoms with Crippen LogP contribution in [0.4, 0.5) is 17.1 Å². The Morgan fingerprint density at radius 1 is 0.500 bits per heavy atom. The zero-order valence-corrected chi connectivity index (χ0v) is 20.9. The third-order valence-corrected chi connectivity index (χ3v) is 8.91. The highest BCUT2D eigenvalue weighted by atomic mass is 16.5. The molecule has 0 saturated heterocycles. The second-order valence-corrected chi connectivity index (χ2v) is 10.4. The Kier molecular flexibility index (Phi) is 3.18. The van der Waals surface area contributed by atoms with Gasteiger partial charge in [0.05, 0.1) is 11.4 Å². The lowest BCUT2D eigenvalue weighted by molar-refractivity contribution is 0.447. The number of hydrogen-bond acceptors (Lipinski definition) is 3. The van der Waals surface area contributed by atoms with Gasteiger partial charge in [-0.2, -0.15) is 0 Å². The molecule has 11 rings (SSSR count). The first-order chi connectivity index (χ1) is 18.9. The van der Waals surface area contributed by atoms with E-state index < -0.39 is 0 Å². The summed E-state index contributed by atoms with van der Waals surface area (Å²) in [6.45, 7) is 4.14. The molecule has 0 aromatic heterocycles. The monoisotopic (exact) mass is 485 g/mol. The highest BCUT2D eigenvalue weighted by Crippen LogP contribution is 2.62. The first-order valence-electron chi connectivity index (χ1n) is 13.5. The Morgan fingerprint density at radius 3 is 1.53 bits per heavy atom. The summed E-state index contributed by atoms with van der Waals surface area (Å²) in [6.07, 6.45) is 0. The second kappa shape index (κ2) is 6.23. The lowest BCUT2D eigenvalue weighted by Gasteiger charge is -2.48. The summed E-state index contributed by atoms with van der Waals surface area (Å²) in [4.78, 5) is 2.45. The van der Waals surface area contributed by atoms with Gasteiger partial charge in [-0.05, 0) is 79.0 Å². The van der Waals surface area contributed by atoms with Crippen molar-refractivity contribution in [2.24, 2.45) is 0 Å². The number of rotatable bonds is 0. The topological polar surface area (TPSA) is 21.7 Å². The molecular formula is C34H20BNO2. The number of hydrogen-bond donors (Lipinski definition) is 0. The summed E-state index contributed by atoms with van der Waals surface area (Å²) in [6, 6.07) is 30.9. The maximum atomic E-state index is 6.64. The molecule has 0 spiro atoms. The number of benzene rings is 6. The van der Waals surface area contributed by atoms with Crippen LogP contribution >= 0.6 is 0 Å². The molecule has 3 nitrogen and oxygen atoms in total. The summed E-state index contributed by atoms with van der Waals surface area (Å²) in [5.41, 5.74) is 12.9. The van der Waals surface area contributed by atoms with E-state index in [4.69, 9.17) is 9.47 Å². The average molecular weight is 485 g/mol. The van der Waals surface area contributed by atoms with Crippen LogP contribution in [0, 0.1) is 0 Å². The summed E-state index contributed by atoms with van der Waals surface area (Å²) >= 11 is 0. The predicted molar refractivity (Wildman–Crippen MR) is 157 cm³/mol. The van der Waals surface area contributed by atoms with Crippen LogP contribution < -0.4 is 30.8 Å². The normalized spacial score (nSPS) is 14.4. The van der Waals surface area contributed by atoms with Gasteiger partial charge in [0.15, 0.2) is 23.0 Å². The molecule has 0 unspecified atom stereocenters. The summed E-state index contributed by atoms with van der Waals surface area (Å²) in [5, 5.41) is 5.18. The molecule has 0 amide bonds. The fraction of sp³-hybridized carbons (Fsp3) is 0.0588. The standard InChI is InChI=1S/C32H14BNO2.C2H6/c1-5-15-13-23-31-28-25(15)17(7-1)19-9-3-10-20-18-8-2-6-16-14-24-32(29(26(16)18)33(28)27(19)20)34(31)30-21(35-23)11-4-12-22(30)36-24;1-2/h1-14H;1-2H3. The van der Waals surface area contributed by atoms with E-state index in [0.717, 1.165) is 28.7 Å². The highest BCUT2D eigenvalue weighted by Gasteiger charge is 2.50. The molecule has 0 bridgehead atoms. The van der Waals surface area contributed by atoms with Gasteiger partial charge in [-0.15, -0.1) is 0 Å². The first-order valence-corrected chi connectivity index (χ1v) is 13.5. The van der Waals surface area contributed by atoms with Gasteiger partial charge >= 0.3 is 0 Å². The van der Waals surface area contributed by atoms with E-state index in [9.17, 15) is 0 Å². The molecule has 0 atom stereocenters. The smallest absolute Gasteiger partial charge is 0.250 e. The van der Waals surface area contributed by atoms with Crippen molar-refractivity contribution in [3.05, 3.63) is 84.9 Å². The Labute approximate surface area is 219 Å². The molecule has 176 valence electrons. The molecule has 6 aromatic rings. The molecule has 38 heavy (non-hydrogen) atoms. The minimum Gasteiger partial charge on any atom is -0.453 e. The lowest BCUT2D eigenvalue weighted by Crippen LogP contribution is -2.62. The van der Waals surface area contributed by atoms with Gasteiger partial charge < -0.3 is 9.47 Å². The van der Waals surface area contributed by atoms with Crippen molar-refractivity contribution >= 4 is 61.7 Å². The van der Waals surface area contributed by atoms with Crippen LogP contribution in [0.2, 0.25) is 0 Å². The van der Waals surface area contributed by atoms with E-state index in [0.29, 0.717) is 0 Å². The van der Waals surface area contributed by atoms with E-state index >= 15 is 0 Å². The molecule has 0 aliphatic carbocycles. The van der Waals surface area contributed by atoms with Gasteiger partial charge in [0.25, 0.3) is 0 Å². The van der Waals surface area contributed by atoms with E-state index in [2.05, 4.69) is 83.8 Å². The van der Waals surface area contributed by atoms with Crippen molar-refractivity contribution in [2.45, 2.75) is 13.8 Å². The highest BCUT2D eigenvalue weighted by molar-refractivity contribution is 7.04. The van der Waals surface area contributed by atoms with Crippen molar-refractivity contribution < 1.29 is 9.47 Å². The molecule has 5 aliphatic heterocycles. The summed E-state index contributed by atoms with van der Waals surface area (Å²) in [7, 11) is 0. The van der Waals surface area contributed by atoms with Crippen LogP contribution in [-0.4, -0.2) is 6.71 Å². The van der Waals surface area contributed by atoms with Crippen LogP contribution in [0.15, 0.2) is 84.9 Å². The number of nitrogens with zero attached hydrogens (tertiary/aromatic N) is 1. The van der Waals surface area contributed by atoms with Gasteiger partial charge in [-0.1, -0.05) is 80.0 Å². The lowest BCUT2D eigenvalue weighted by atomic mass is 9.29. The van der Waals surface area contributed by atoms with Gasteiger partial charge in [0.1, 0.15) is 5.69 Å². The van der Waals surface area contributed by atoms with Crippen LogP contribution in [0.5, 0.6) is 23.0 Å². The van der Waals surface area contributed by atoms with E-state index in [1.807, 2.05) is 19.9 Å². The number of fused-ring (bicyclic) bond motifs is 2. The maximum Gasteiger partial charge on any atom is 0.250 e. The van der Waals surface area contributed by atoms with E-state index in [1.54, 1.807) is 0 Å². The Balaban J connectivity index is 0.000000984. The van der Waals surface area contributed by atoms with E-state index in [-0.39, 0.29) is 6.71 Å². The predicted octanol–water partition coefficient (Wildman–Crippen LogP) is 7.49. The zero-order valence-electron chi connectivity index (χ0n) is 20.9. The number of para-hydroxylation sites is 1. The fourth-order valence-electron chi connectivity index (χ4n) is 7.77. The molecule has 0 N–H and O–H groups in total. The third kappa shape index (κ3) is 1.89. The van der Waals surface area contributed by atoms with Crippen LogP contribution in [0.1, 0.15) is 13.8 Å².